The van der Waals surface area contributed by atoms with Crippen LogP contribution < -0.4 is 5.73 Å². The molecule has 0 aromatic heterocycles. The van der Waals surface area contributed by atoms with Crippen LogP contribution in [0.2, 0.25) is 0 Å². The van der Waals surface area contributed by atoms with E-state index in [1.165, 1.54) is 18.6 Å². The Bertz CT molecular complexity index is 238. The van der Waals surface area contributed by atoms with E-state index in [-0.39, 0.29) is 0 Å². The third-order valence-electron chi connectivity index (χ3n) is 3.04. The summed E-state index contributed by atoms with van der Waals surface area (Å²) >= 11 is 2.03. The smallest absolute Gasteiger partial charge is 0.191 e. The lowest BCUT2D eigenvalue weighted by Crippen LogP contribution is -2.51. The molecule has 1 saturated carbocycles. The van der Waals surface area contributed by atoms with E-state index < -0.39 is 0 Å². The molecule has 3 nitrogen and oxygen atoms in total. The molecule has 1 saturated heterocycles. The molecule has 0 radical (unpaired) electrons. The van der Waals surface area contributed by atoms with E-state index in [1.807, 2.05) is 11.8 Å². The average molecular weight is 213 g/mol. The fraction of sp³-hybridized carbons (Fsp3) is 0.900. The van der Waals surface area contributed by atoms with Gasteiger partial charge in [-0.2, -0.15) is 11.8 Å². The monoisotopic (exact) mass is 213 g/mol. The Hall–Kier alpha value is -0.380. The molecule has 0 amide bonds. The molecule has 0 bridgehead atoms. The Morgan fingerprint density at radius 2 is 2.14 bits per heavy atom. The second kappa shape index (κ2) is 4.01. The van der Waals surface area contributed by atoms with Gasteiger partial charge in [-0.05, 0) is 19.8 Å². The molecule has 2 aliphatic rings. The van der Waals surface area contributed by atoms with Crippen molar-refractivity contribution in [1.82, 2.24) is 4.90 Å². The van der Waals surface area contributed by atoms with Crippen molar-refractivity contribution in [3.63, 3.8) is 0 Å². The normalized spacial score (nSPS) is 34.7. The Balaban J connectivity index is 2.00. The fourth-order valence-corrected chi connectivity index (χ4v) is 2.82. The Kier molecular flexibility index (Phi) is 2.91. The maximum Gasteiger partial charge on any atom is 0.191 e. The third-order valence-corrected chi connectivity index (χ3v) is 4.38. The third kappa shape index (κ3) is 2.16. The van der Waals surface area contributed by atoms with Crippen molar-refractivity contribution in [2.24, 2.45) is 10.7 Å². The molecule has 2 N–H and O–H groups in total. The molecule has 0 aromatic rings. The number of hydrogen-bond acceptors (Lipinski definition) is 2. The van der Waals surface area contributed by atoms with Crippen LogP contribution in [0.4, 0.5) is 0 Å². The van der Waals surface area contributed by atoms with Crippen molar-refractivity contribution in [2.45, 2.75) is 44.0 Å². The molecule has 1 aliphatic heterocycles. The zero-order valence-electron chi connectivity index (χ0n) is 8.94. The van der Waals surface area contributed by atoms with Gasteiger partial charge in [0.15, 0.2) is 5.96 Å². The standard InChI is InChI=1S/C10H19N3S/c1-7-8(2)14-6-5-13(7)10(11)12-9-3-4-9/h7-9H,3-6H2,1-2H3,(H2,11,12). The van der Waals surface area contributed by atoms with E-state index in [9.17, 15) is 0 Å². The zero-order chi connectivity index (χ0) is 10.1. The van der Waals surface area contributed by atoms with Gasteiger partial charge >= 0.3 is 0 Å². The van der Waals surface area contributed by atoms with E-state index >= 15 is 0 Å². The van der Waals surface area contributed by atoms with Crippen molar-refractivity contribution in [3.8, 4) is 0 Å². The highest BCUT2D eigenvalue weighted by molar-refractivity contribution is 8.00. The molecule has 2 atom stereocenters. The Labute approximate surface area is 90.1 Å². The zero-order valence-corrected chi connectivity index (χ0v) is 9.76. The number of hydrogen-bond donors (Lipinski definition) is 1. The van der Waals surface area contributed by atoms with Crippen molar-refractivity contribution in [1.29, 1.82) is 0 Å². The fourth-order valence-electron chi connectivity index (χ4n) is 1.72. The van der Waals surface area contributed by atoms with Crippen molar-refractivity contribution < 1.29 is 0 Å². The Morgan fingerprint density at radius 1 is 1.43 bits per heavy atom. The number of nitrogens with zero attached hydrogens (tertiary/aromatic N) is 2. The van der Waals surface area contributed by atoms with Gasteiger partial charge < -0.3 is 10.6 Å². The summed E-state index contributed by atoms with van der Waals surface area (Å²) in [7, 11) is 0. The SMILES string of the molecule is CC1SCCN(C(N)=NC2CC2)C1C. The first-order valence-corrected chi connectivity index (χ1v) is 6.45. The first-order chi connectivity index (χ1) is 6.68. The maximum atomic E-state index is 6.01. The second-order valence-corrected chi connectivity index (χ2v) is 5.71. The highest BCUT2D eigenvalue weighted by Gasteiger charge is 2.28. The summed E-state index contributed by atoms with van der Waals surface area (Å²) in [5.41, 5.74) is 6.01. The molecule has 0 spiro atoms. The maximum absolute atomic E-state index is 6.01. The van der Waals surface area contributed by atoms with Crippen molar-refractivity contribution in [3.05, 3.63) is 0 Å². The average Bonchev–Trinajstić information content (AvgIpc) is 2.93. The molecule has 80 valence electrons. The van der Waals surface area contributed by atoms with Gasteiger partial charge in [0, 0.05) is 23.6 Å². The Morgan fingerprint density at radius 3 is 2.79 bits per heavy atom. The van der Waals surface area contributed by atoms with E-state index in [0.717, 1.165) is 12.5 Å². The summed E-state index contributed by atoms with van der Waals surface area (Å²) in [5.74, 6) is 1.94. The molecule has 2 unspecified atom stereocenters. The van der Waals surface area contributed by atoms with E-state index in [1.54, 1.807) is 0 Å². The minimum absolute atomic E-state index is 0.524. The van der Waals surface area contributed by atoms with Crippen LogP contribution in [0.1, 0.15) is 26.7 Å². The van der Waals surface area contributed by atoms with Gasteiger partial charge in [-0.25, -0.2) is 4.99 Å². The molecule has 2 rings (SSSR count). The quantitative estimate of drug-likeness (QED) is 0.527. The van der Waals surface area contributed by atoms with Crippen LogP contribution in [0.25, 0.3) is 0 Å². The first-order valence-electron chi connectivity index (χ1n) is 5.40. The van der Waals surface area contributed by atoms with Gasteiger partial charge in [0.05, 0.1) is 6.04 Å². The largest absolute Gasteiger partial charge is 0.370 e. The van der Waals surface area contributed by atoms with Gasteiger partial charge in [-0.15, -0.1) is 0 Å². The summed E-state index contributed by atoms with van der Waals surface area (Å²) in [6, 6.07) is 1.06. The molecular formula is C10H19N3S. The van der Waals surface area contributed by atoms with Crippen LogP contribution >= 0.6 is 11.8 Å². The molecule has 1 aliphatic carbocycles. The minimum Gasteiger partial charge on any atom is -0.370 e. The molecule has 0 aromatic carbocycles. The van der Waals surface area contributed by atoms with Crippen LogP contribution in [-0.2, 0) is 0 Å². The van der Waals surface area contributed by atoms with Gasteiger partial charge in [0.2, 0.25) is 0 Å². The van der Waals surface area contributed by atoms with Gasteiger partial charge in [-0.1, -0.05) is 6.92 Å². The predicted molar refractivity (Wildman–Crippen MR) is 62.7 cm³/mol. The summed E-state index contributed by atoms with van der Waals surface area (Å²) in [6.07, 6.45) is 2.46. The van der Waals surface area contributed by atoms with Gasteiger partial charge in [-0.3, -0.25) is 0 Å². The highest BCUT2D eigenvalue weighted by atomic mass is 32.2. The number of thioether (sulfide) groups is 1. The van der Waals surface area contributed by atoms with Crippen molar-refractivity contribution in [2.75, 3.05) is 12.3 Å². The van der Waals surface area contributed by atoms with E-state index in [0.29, 0.717) is 17.3 Å². The van der Waals surface area contributed by atoms with E-state index in [2.05, 4.69) is 23.7 Å². The van der Waals surface area contributed by atoms with Crippen LogP contribution in [0.5, 0.6) is 0 Å². The first kappa shape index (κ1) is 10.1. The molecular weight excluding hydrogens is 194 g/mol. The minimum atomic E-state index is 0.524. The lowest BCUT2D eigenvalue weighted by Gasteiger charge is -2.38. The number of nitrogens with two attached hydrogens (primary N) is 1. The molecule has 2 fully saturated rings. The lowest BCUT2D eigenvalue weighted by molar-refractivity contribution is 0.330. The summed E-state index contributed by atoms with van der Waals surface area (Å²) < 4.78 is 0. The van der Waals surface area contributed by atoms with Gasteiger partial charge in [0.1, 0.15) is 0 Å². The van der Waals surface area contributed by atoms with E-state index in [4.69, 9.17) is 5.73 Å². The second-order valence-electron chi connectivity index (χ2n) is 4.23. The van der Waals surface area contributed by atoms with Crippen molar-refractivity contribution >= 4 is 17.7 Å². The number of aliphatic imine (C=N–C) groups is 1. The summed E-state index contributed by atoms with van der Waals surface area (Å²) in [6.45, 7) is 5.57. The molecule has 4 heteroatoms. The summed E-state index contributed by atoms with van der Waals surface area (Å²) in [5, 5.41) is 0.664. The molecule has 14 heavy (non-hydrogen) atoms. The van der Waals surface area contributed by atoms with Crippen LogP contribution in [0.3, 0.4) is 0 Å². The van der Waals surface area contributed by atoms with Crippen LogP contribution in [0.15, 0.2) is 4.99 Å². The van der Waals surface area contributed by atoms with Gasteiger partial charge in [0.25, 0.3) is 0 Å². The van der Waals surface area contributed by atoms with Crippen LogP contribution in [-0.4, -0.2) is 40.5 Å². The predicted octanol–water partition coefficient (Wildman–Crippen LogP) is 1.29. The lowest BCUT2D eigenvalue weighted by atomic mass is 10.2. The van der Waals surface area contributed by atoms with Crippen LogP contribution in [0, 0.1) is 0 Å². The summed E-state index contributed by atoms with van der Waals surface area (Å²) in [4.78, 5) is 6.77. The number of guanidine groups is 1. The highest BCUT2D eigenvalue weighted by Crippen LogP contribution is 2.26. The number of rotatable bonds is 1. The molecule has 1 heterocycles. The topological polar surface area (TPSA) is 41.6 Å².